The first-order valence-electron chi connectivity index (χ1n) is 8.34. The van der Waals surface area contributed by atoms with Gasteiger partial charge in [-0.25, -0.2) is 13.2 Å². The molecule has 0 amide bonds. The molecule has 1 atom stereocenters. The zero-order chi connectivity index (χ0) is 19.9. The number of aromatic nitrogens is 1. The molecular formula is C17H21N3O6S. The molecule has 0 bridgehead atoms. The highest BCUT2D eigenvalue weighted by Gasteiger charge is 2.34. The Labute approximate surface area is 156 Å². The fourth-order valence-electron chi connectivity index (χ4n) is 3.55. The first-order chi connectivity index (χ1) is 12.6. The van der Waals surface area contributed by atoms with E-state index in [1.165, 1.54) is 16.4 Å². The first-order valence-corrected chi connectivity index (χ1v) is 10.2. The van der Waals surface area contributed by atoms with Gasteiger partial charge in [0.25, 0.3) is 0 Å². The van der Waals surface area contributed by atoms with Crippen molar-refractivity contribution in [2.24, 2.45) is 7.05 Å². The van der Waals surface area contributed by atoms with Gasteiger partial charge in [0.2, 0.25) is 10.0 Å². The average molecular weight is 395 g/mol. The normalized spacial score (nSPS) is 17.9. The predicted octanol–water partition coefficient (Wildman–Crippen LogP) is 0.579. The number of aromatic carboxylic acids is 1. The number of fused-ring (bicyclic) bond motifs is 1. The molecule has 2 heterocycles. The molecule has 3 rings (SSSR count). The summed E-state index contributed by atoms with van der Waals surface area (Å²) in [6.45, 7) is 0.986. The average Bonchev–Trinajstić information content (AvgIpc) is 2.90. The second kappa shape index (κ2) is 6.95. The molecule has 1 aromatic carbocycles. The van der Waals surface area contributed by atoms with Crippen LogP contribution in [0.2, 0.25) is 0 Å². The molecule has 0 saturated carbocycles. The highest BCUT2D eigenvalue weighted by Crippen LogP contribution is 2.31. The van der Waals surface area contributed by atoms with E-state index in [0.29, 0.717) is 10.9 Å². The summed E-state index contributed by atoms with van der Waals surface area (Å²) >= 11 is 0. The van der Waals surface area contributed by atoms with Crippen LogP contribution in [0.5, 0.6) is 0 Å². The summed E-state index contributed by atoms with van der Waals surface area (Å²) < 4.78 is 26.4. The first kappa shape index (κ1) is 19.3. The summed E-state index contributed by atoms with van der Waals surface area (Å²) in [5, 5.41) is 19.7. The lowest BCUT2D eigenvalue weighted by molar-refractivity contribution is -0.144. The monoisotopic (exact) mass is 395 g/mol. The van der Waals surface area contributed by atoms with Crippen molar-refractivity contribution in [3.8, 4) is 0 Å². The van der Waals surface area contributed by atoms with Gasteiger partial charge in [0.1, 0.15) is 6.04 Å². The van der Waals surface area contributed by atoms with E-state index in [4.69, 9.17) is 0 Å². The van der Waals surface area contributed by atoms with E-state index in [0.717, 1.165) is 11.8 Å². The minimum absolute atomic E-state index is 0.0842. The molecule has 146 valence electrons. The number of sulfonamides is 1. The van der Waals surface area contributed by atoms with Gasteiger partial charge in [0, 0.05) is 55.9 Å². The number of piperazine rings is 1. The van der Waals surface area contributed by atoms with E-state index in [9.17, 15) is 28.2 Å². The van der Waals surface area contributed by atoms with Gasteiger partial charge in [-0.3, -0.25) is 9.69 Å². The molecule has 27 heavy (non-hydrogen) atoms. The van der Waals surface area contributed by atoms with Gasteiger partial charge < -0.3 is 14.8 Å². The van der Waals surface area contributed by atoms with Crippen molar-refractivity contribution in [3.63, 3.8) is 0 Å². The number of rotatable bonds is 5. The quantitative estimate of drug-likeness (QED) is 0.760. The van der Waals surface area contributed by atoms with E-state index in [2.05, 4.69) is 0 Å². The molecule has 9 nitrogen and oxygen atoms in total. The Morgan fingerprint density at radius 2 is 1.74 bits per heavy atom. The largest absolute Gasteiger partial charge is 0.480 e. The molecule has 0 aliphatic carbocycles. The van der Waals surface area contributed by atoms with E-state index >= 15 is 0 Å². The van der Waals surface area contributed by atoms with E-state index in [-0.39, 0.29) is 31.7 Å². The second-order valence-corrected chi connectivity index (χ2v) is 8.65. The molecule has 0 radical (unpaired) electrons. The topological polar surface area (TPSA) is 120 Å². The van der Waals surface area contributed by atoms with Crippen LogP contribution in [-0.4, -0.2) is 76.8 Å². The minimum Gasteiger partial charge on any atom is -0.480 e. The van der Waals surface area contributed by atoms with Crippen molar-refractivity contribution in [1.29, 1.82) is 0 Å². The lowest BCUT2D eigenvalue weighted by atomic mass is 10.0. The van der Waals surface area contributed by atoms with E-state index < -0.39 is 28.0 Å². The third-order valence-electron chi connectivity index (χ3n) is 4.90. The van der Waals surface area contributed by atoms with Crippen LogP contribution in [0.4, 0.5) is 0 Å². The lowest BCUT2D eigenvalue weighted by Gasteiger charge is -2.36. The number of nitrogens with zero attached hydrogens (tertiary/aromatic N) is 3. The number of aryl methyl sites for hydroxylation is 1. The van der Waals surface area contributed by atoms with Crippen molar-refractivity contribution in [3.05, 3.63) is 35.5 Å². The maximum Gasteiger partial charge on any atom is 0.335 e. The summed E-state index contributed by atoms with van der Waals surface area (Å²) in [4.78, 5) is 25.1. The maximum atomic E-state index is 12.1. The number of aliphatic carboxylic acids is 1. The Morgan fingerprint density at radius 1 is 1.11 bits per heavy atom. The van der Waals surface area contributed by atoms with Gasteiger partial charge in [-0.2, -0.15) is 4.31 Å². The Hall–Kier alpha value is -2.43. The molecular weight excluding hydrogens is 374 g/mol. The fourth-order valence-corrected chi connectivity index (χ4v) is 4.38. The highest BCUT2D eigenvalue weighted by molar-refractivity contribution is 7.88. The van der Waals surface area contributed by atoms with Crippen LogP contribution in [0.25, 0.3) is 10.9 Å². The van der Waals surface area contributed by atoms with Crippen LogP contribution in [0.15, 0.2) is 24.4 Å². The van der Waals surface area contributed by atoms with Crippen molar-refractivity contribution in [2.45, 2.75) is 6.04 Å². The van der Waals surface area contributed by atoms with Gasteiger partial charge >= 0.3 is 11.9 Å². The number of benzene rings is 1. The van der Waals surface area contributed by atoms with Gasteiger partial charge in [-0.15, -0.1) is 0 Å². The molecule has 0 unspecified atom stereocenters. The number of hydrogen-bond acceptors (Lipinski definition) is 5. The molecule has 2 N–H and O–H groups in total. The smallest absolute Gasteiger partial charge is 0.335 e. The Morgan fingerprint density at radius 3 is 2.26 bits per heavy atom. The third-order valence-corrected chi connectivity index (χ3v) is 6.21. The zero-order valence-electron chi connectivity index (χ0n) is 15.0. The number of carbonyl (C=O) groups is 2. The fraction of sp³-hybridized carbons (Fsp3) is 0.412. The van der Waals surface area contributed by atoms with Gasteiger partial charge in [0.15, 0.2) is 0 Å². The Balaban J connectivity index is 2.00. The van der Waals surface area contributed by atoms with Crippen LogP contribution in [-0.2, 0) is 21.9 Å². The van der Waals surface area contributed by atoms with Crippen LogP contribution in [0.3, 0.4) is 0 Å². The molecule has 1 aromatic heterocycles. The van der Waals surface area contributed by atoms with Crippen LogP contribution in [0, 0.1) is 0 Å². The number of hydrogen-bond donors (Lipinski definition) is 2. The molecule has 0 spiro atoms. The molecule has 1 fully saturated rings. The van der Waals surface area contributed by atoms with Crippen LogP contribution in [0.1, 0.15) is 22.0 Å². The Bertz CT molecular complexity index is 1010. The lowest BCUT2D eigenvalue weighted by Crippen LogP contribution is -2.50. The van der Waals surface area contributed by atoms with Gasteiger partial charge in [-0.05, 0) is 18.2 Å². The maximum absolute atomic E-state index is 12.1. The van der Waals surface area contributed by atoms with Crippen molar-refractivity contribution in [2.75, 3.05) is 32.4 Å². The standard InChI is InChI=1S/C17H21N3O6S/c1-18-10-13(12-9-11(16(21)22)3-4-14(12)18)15(17(23)24)19-5-7-20(8-6-19)27(2,25)26/h3-4,9-10,15H,5-8H2,1-2H3,(H,21,22)(H,23,24)/t15-/m1/s1. The summed E-state index contributed by atoms with van der Waals surface area (Å²) in [5.74, 6) is -2.14. The summed E-state index contributed by atoms with van der Waals surface area (Å²) in [7, 11) is -1.55. The van der Waals surface area contributed by atoms with E-state index in [1.807, 2.05) is 0 Å². The summed E-state index contributed by atoms with van der Waals surface area (Å²) in [6, 6.07) is 3.63. The third kappa shape index (κ3) is 3.68. The van der Waals surface area contributed by atoms with Crippen molar-refractivity contribution in [1.82, 2.24) is 13.8 Å². The molecule has 1 saturated heterocycles. The molecule has 1 aliphatic rings. The molecule has 10 heteroatoms. The Kier molecular flexibility index (Phi) is 4.98. The van der Waals surface area contributed by atoms with Crippen LogP contribution < -0.4 is 0 Å². The summed E-state index contributed by atoms with van der Waals surface area (Å²) in [6.07, 6.45) is 2.83. The van der Waals surface area contributed by atoms with Crippen LogP contribution >= 0.6 is 0 Å². The number of carboxylic acid groups (broad SMARTS) is 2. The van der Waals surface area contributed by atoms with Crippen molar-refractivity contribution >= 4 is 32.9 Å². The van der Waals surface area contributed by atoms with E-state index in [1.54, 1.807) is 28.8 Å². The predicted molar refractivity (Wildman–Crippen MR) is 98.2 cm³/mol. The van der Waals surface area contributed by atoms with Gasteiger partial charge in [0.05, 0.1) is 11.8 Å². The second-order valence-electron chi connectivity index (χ2n) is 6.67. The molecule has 1 aliphatic heterocycles. The van der Waals surface area contributed by atoms with Crippen molar-refractivity contribution < 1.29 is 28.2 Å². The summed E-state index contributed by atoms with van der Waals surface area (Å²) in [5.41, 5.74) is 1.31. The zero-order valence-corrected chi connectivity index (χ0v) is 15.8. The number of carboxylic acids is 2. The highest BCUT2D eigenvalue weighted by atomic mass is 32.2. The minimum atomic E-state index is -3.32. The molecule has 2 aromatic rings. The SMILES string of the molecule is Cn1cc([C@H](C(=O)O)N2CCN(S(C)(=O)=O)CC2)c2cc(C(=O)O)ccc21. The van der Waals surface area contributed by atoms with Gasteiger partial charge in [-0.1, -0.05) is 0 Å².